The van der Waals surface area contributed by atoms with Gasteiger partial charge in [-0.05, 0) is 18.1 Å². The van der Waals surface area contributed by atoms with E-state index in [-0.39, 0.29) is 30.1 Å². The fourth-order valence-corrected chi connectivity index (χ4v) is 1.90. The number of amides is 1. The Morgan fingerprint density at radius 3 is 2.58 bits per heavy atom. The lowest BCUT2D eigenvalue weighted by Crippen LogP contribution is -2.45. The van der Waals surface area contributed by atoms with Gasteiger partial charge in [-0.2, -0.15) is 4.98 Å². The maximum Gasteiger partial charge on any atom is 0.329 e. The molecule has 130 valence electrons. The number of carbonyl (C=O) groups excluding carboxylic acids is 2. The van der Waals surface area contributed by atoms with Crippen molar-refractivity contribution >= 4 is 11.9 Å². The molecule has 0 aliphatic heterocycles. The third kappa shape index (κ3) is 4.43. The van der Waals surface area contributed by atoms with E-state index in [1.165, 1.54) is 12.3 Å². The first-order chi connectivity index (χ1) is 11.4. The van der Waals surface area contributed by atoms with Crippen molar-refractivity contribution in [1.29, 1.82) is 0 Å². The molecule has 0 spiro atoms. The van der Waals surface area contributed by atoms with Gasteiger partial charge >= 0.3 is 5.97 Å². The van der Waals surface area contributed by atoms with Gasteiger partial charge < -0.3 is 19.0 Å². The van der Waals surface area contributed by atoms with E-state index >= 15 is 0 Å². The van der Waals surface area contributed by atoms with Crippen LogP contribution in [-0.4, -0.2) is 28.1 Å². The topological polar surface area (TPSA) is 107 Å². The zero-order valence-corrected chi connectivity index (χ0v) is 14.1. The molecule has 0 saturated heterocycles. The molecule has 2 heterocycles. The first-order valence-corrected chi connectivity index (χ1v) is 7.72. The van der Waals surface area contributed by atoms with Crippen LogP contribution in [0.1, 0.15) is 55.9 Å². The summed E-state index contributed by atoms with van der Waals surface area (Å²) in [4.78, 5) is 28.4. The molecule has 1 N–H and O–H groups in total. The SMILES string of the molecule is CC(C)c1noc(COC(=O)[C@@H](NC(=O)c2ccco2)C(C)C)n1. The van der Waals surface area contributed by atoms with Crippen LogP contribution in [0.25, 0.3) is 0 Å². The molecular formula is C16H21N3O5. The largest absolute Gasteiger partial charge is 0.459 e. The van der Waals surface area contributed by atoms with Crippen molar-refractivity contribution in [2.75, 3.05) is 0 Å². The highest BCUT2D eigenvalue weighted by molar-refractivity contribution is 5.94. The number of hydrogen-bond acceptors (Lipinski definition) is 7. The first kappa shape index (κ1) is 17.7. The Balaban J connectivity index is 1.94. The number of carbonyl (C=O) groups is 2. The number of nitrogens with zero attached hydrogens (tertiary/aromatic N) is 2. The van der Waals surface area contributed by atoms with E-state index in [4.69, 9.17) is 13.7 Å². The molecular weight excluding hydrogens is 314 g/mol. The number of aromatic nitrogens is 2. The third-order valence-corrected chi connectivity index (χ3v) is 3.29. The highest BCUT2D eigenvalue weighted by Crippen LogP contribution is 2.12. The molecule has 1 atom stereocenters. The number of ether oxygens (including phenoxy) is 1. The van der Waals surface area contributed by atoms with Crippen LogP contribution < -0.4 is 5.32 Å². The van der Waals surface area contributed by atoms with Gasteiger partial charge in [-0.25, -0.2) is 4.79 Å². The molecule has 0 radical (unpaired) electrons. The van der Waals surface area contributed by atoms with Crippen LogP contribution in [0.2, 0.25) is 0 Å². The van der Waals surface area contributed by atoms with E-state index in [9.17, 15) is 9.59 Å². The molecule has 24 heavy (non-hydrogen) atoms. The Morgan fingerprint density at radius 2 is 2.04 bits per heavy atom. The van der Waals surface area contributed by atoms with Crippen LogP contribution in [0.15, 0.2) is 27.3 Å². The molecule has 0 aliphatic rings. The predicted octanol–water partition coefficient (Wildman–Crippen LogP) is 2.28. The molecule has 2 rings (SSSR count). The van der Waals surface area contributed by atoms with Crippen LogP contribution in [-0.2, 0) is 16.1 Å². The van der Waals surface area contributed by atoms with Crippen molar-refractivity contribution in [2.24, 2.45) is 5.92 Å². The minimum atomic E-state index is -0.810. The average molecular weight is 335 g/mol. The summed E-state index contributed by atoms with van der Waals surface area (Å²) in [5.41, 5.74) is 0. The fraction of sp³-hybridized carbons (Fsp3) is 0.500. The van der Waals surface area contributed by atoms with Crippen molar-refractivity contribution in [3.63, 3.8) is 0 Å². The molecule has 0 saturated carbocycles. The van der Waals surface area contributed by atoms with E-state index in [1.54, 1.807) is 19.9 Å². The summed E-state index contributed by atoms with van der Waals surface area (Å²) < 4.78 is 15.2. The predicted molar refractivity (Wildman–Crippen MR) is 83.0 cm³/mol. The number of rotatable bonds is 7. The quantitative estimate of drug-likeness (QED) is 0.773. The number of esters is 1. The minimum absolute atomic E-state index is 0.120. The lowest BCUT2D eigenvalue weighted by molar-refractivity contribution is -0.149. The van der Waals surface area contributed by atoms with E-state index in [1.807, 2.05) is 13.8 Å². The molecule has 1 amide bonds. The van der Waals surface area contributed by atoms with Crippen LogP contribution in [0.4, 0.5) is 0 Å². The summed E-state index contributed by atoms with van der Waals surface area (Å²) in [5, 5.41) is 6.40. The summed E-state index contributed by atoms with van der Waals surface area (Å²) in [6.45, 7) is 7.33. The number of nitrogens with one attached hydrogen (secondary N) is 1. The van der Waals surface area contributed by atoms with Gasteiger partial charge in [0.2, 0.25) is 0 Å². The molecule has 0 aromatic carbocycles. The van der Waals surface area contributed by atoms with E-state index in [0.717, 1.165) is 0 Å². The minimum Gasteiger partial charge on any atom is -0.459 e. The summed E-state index contributed by atoms with van der Waals surface area (Å²) in [6.07, 6.45) is 1.39. The maximum atomic E-state index is 12.2. The molecule has 8 nitrogen and oxygen atoms in total. The molecule has 0 unspecified atom stereocenters. The van der Waals surface area contributed by atoms with Gasteiger partial charge in [0, 0.05) is 5.92 Å². The van der Waals surface area contributed by atoms with Crippen molar-refractivity contribution in [2.45, 2.75) is 46.3 Å². The summed E-state index contributed by atoms with van der Waals surface area (Å²) in [6, 6.07) is 2.30. The van der Waals surface area contributed by atoms with E-state index in [0.29, 0.717) is 5.82 Å². The highest BCUT2D eigenvalue weighted by Gasteiger charge is 2.27. The fourth-order valence-electron chi connectivity index (χ4n) is 1.90. The zero-order valence-electron chi connectivity index (χ0n) is 14.1. The third-order valence-electron chi connectivity index (χ3n) is 3.29. The second kappa shape index (κ2) is 7.76. The summed E-state index contributed by atoms with van der Waals surface area (Å²) >= 11 is 0. The highest BCUT2D eigenvalue weighted by atomic mass is 16.6. The average Bonchev–Trinajstić information content (AvgIpc) is 3.20. The van der Waals surface area contributed by atoms with Crippen molar-refractivity contribution in [3.8, 4) is 0 Å². The Hall–Kier alpha value is -2.64. The van der Waals surface area contributed by atoms with Crippen LogP contribution >= 0.6 is 0 Å². The normalized spacial score (nSPS) is 12.4. The molecule has 8 heteroatoms. The van der Waals surface area contributed by atoms with Crippen molar-refractivity contribution in [1.82, 2.24) is 15.5 Å². The second-order valence-corrected chi connectivity index (χ2v) is 5.98. The Morgan fingerprint density at radius 1 is 1.29 bits per heavy atom. The van der Waals surface area contributed by atoms with Gasteiger partial charge in [0.1, 0.15) is 6.04 Å². The Labute approximate surface area is 139 Å². The number of hydrogen-bond donors (Lipinski definition) is 1. The van der Waals surface area contributed by atoms with Crippen molar-refractivity contribution in [3.05, 3.63) is 35.9 Å². The monoisotopic (exact) mass is 335 g/mol. The molecule has 2 aromatic rings. The molecule has 0 fully saturated rings. The van der Waals surface area contributed by atoms with E-state index in [2.05, 4.69) is 15.5 Å². The number of furan rings is 1. The Bertz CT molecular complexity index is 676. The van der Waals surface area contributed by atoms with Crippen LogP contribution in [0.5, 0.6) is 0 Å². The Kier molecular flexibility index (Phi) is 5.73. The molecule has 2 aromatic heterocycles. The molecule has 0 aliphatic carbocycles. The van der Waals surface area contributed by atoms with Gasteiger partial charge in [-0.15, -0.1) is 0 Å². The maximum absolute atomic E-state index is 12.2. The zero-order chi connectivity index (χ0) is 17.7. The van der Waals surface area contributed by atoms with Crippen molar-refractivity contribution < 1.29 is 23.3 Å². The van der Waals surface area contributed by atoms with Gasteiger partial charge in [0.15, 0.2) is 18.2 Å². The lowest BCUT2D eigenvalue weighted by Gasteiger charge is -2.19. The van der Waals surface area contributed by atoms with Crippen LogP contribution in [0, 0.1) is 5.92 Å². The van der Waals surface area contributed by atoms with Gasteiger partial charge in [-0.3, -0.25) is 4.79 Å². The van der Waals surface area contributed by atoms with Gasteiger partial charge in [0.25, 0.3) is 11.8 Å². The van der Waals surface area contributed by atoms with Crippen LogP contribution in [0.3, 0.4) is 0 Å². The van der Waals surface area contributed by atoms with Gasteiger partial charge in [0.05, 0.1) is 6.26 Å². The van der Waals surface area contributed by atoms with Gasteiger partial charge in [-0.1, -0.05) is 32.9 Å². The summed E-state index contributed by atoms with van der Waals surface area (Å²) in [5.74, 6) is -0.198. The van der Waals surface area contributed by atoms with E-state index < -0.39 is 17.9 Å². The lowest BCUT2D eigenvalue weighted by atomic mass is 10.0. The summed E-state index contributed by atoms with van der Waals surface area (Å²) in [7, 11) is 0. The first-order valence-electron chi connectivity index (χ1n) is 7.72. The molecule has 0 bridgehead atoms. The smallest absolute Gasteiger partial charge is 0.329 e. The standard InChI is InChI=1S/C16H21N3O5/c1-9(2)13(18-15(20)11-6-5-7-22-11)16(21)23-8-12-17-14(10(3)4)19-24-12/h5-7,9-10,13H,8H2,1-4H3,(H,18,20)/t13-/m0/s1. The second-order valence-electron chi connectivity index (χ2n) is 5.98.